The van der Waals surface area contributed by atoms with Crippen molar-refractivity contribution < 1.29 is 45.2 Å². The van der Waals surface area contributed by atoms with E-state index in [0.29, 0.717) is 6.42 Å². The fourth-order valence-electron chi connectivity index (χ4n) is 4.60. The quantitative estimate of drug-likeness (QED) is 0.241. The second kappa shape index (κ2) is 6.08. The maximum absolute atomic E-state index is 10.4. The zero-order chi connectivity index (χ0) is 18.8. The number of fused-ring (bicyclic) bond motifs is 1. The van der Waals surface area contributed by atoms with Gasteiger partial charge in [-0.25, -0.2) is 9.78 Å². The van der Waals surface area contributed by atoms with Crippen LogP contribution in [0, 0.1) is 11.3 Å². The fourth-order valence-corrected chi connectivity index (χ4v) is 4.60. The van der Waals surface area contributed by atoms with Gasteiger partial charge in [0.1, 0.15) is 30.0 Å². The Kier molecular flexibility index (Phi) is 4.72. The van der Waals surface area contributed by atoms with E-state index in [4.69, 9.17) is 14.5 Å². The first-order chi connectivity index (χ1) is 11.5. The molecule has 0 spiro atoms. The predicted octanol–water partition coefficient (Wildman–Crippen LogP) is -1.96. The number of hydrogen-bond acceptors (Lipinski definition) is 9. The molecule has 9 heteroatoms. The first-order valence-electron chi connectivity index (χ1n) is 8.53. The molecule has 2 unspecified atom stereocenters. The average Bonchev–Trinajstić information content (AvgIpc) is 3.25. The summed E-state index contributed by atoms with van der Waals surface area (Å²) in [6.07, 6.45) is -7.05. The molecule has 25 heavy (non-hydrogen) atoms. The maximum Gasteiger partial charge on any atom is 0.220 e. The zero-order valence-electron chi connectivity index (χ0n) is 14.6. The largest absolute Gasteiger partial charge is 0.394 e. The molecule has 2 saturated carbocycles. The van der Waals surface area contributed by atoms with Crippen LogP contribution in [0.25, 0.3) is 0 Å². The molecule has 0 aromatic heterocycles. The minimum absolute atomic E-state index is 0.139. The van der Waals surface area contributed by atoms with Crippen LogP contribution >= 0.6 is 0 Å². The summed E-state index contributed by atoms with van der Waals surface area (Å²) in [7, 11) is 0. The van der Waals surface area contributed by atoms with Gasteiger partial charge < -0.3 is 35.4 Å². The SMILES string of the molecule is CC(C)(O)C12CC1[C@](C)(OO[C@@H]1O[C@H](CO)[C@@H](O)[C@H](O)[C@H]1O)C[C@H]2O. The highest BCUT2D eigenvalue weighted by Crippen LogP contribution is 2.72. The normalized spacial score (nSPS) is 52.9. The van der Waals surface area contributed by atoms with E-state index in [-0.39, 0.29) is 12.3 Å². The van der Waals surface area contributed by atoms with Gasteiger partial charge in [0.15, 0.2) is 0 Å². The highest BCUT2D eigenvalue weighted by molar-refractivity contribution is 5.25. The van der Waals surface area contributed by atoms with E-state index < -0.39 is 60.0 Å². The summed E-state index contributed by atoms with van der Waals surface area (Å²) < 4.78 is 5.23. The second-order valence-corrected chi connectivity index (χ2v) is 8.27. The van der Waals surface area contributed by atoms with Crippen molar-refractivity contribution in [2.45, 2.75) is 81.6 Å². The summed E-state index contributed by atoms with van der Waals surface area (Å²) in [6.45, 7) is 4.48. The minimum Gasteiger partial charge on any atom is -0.394 e. The topological polar surface area (TPSA) is 149 Å². The minimum atomic E-state index is -1.56. The Morgan fingerprint density at radius 1 is 1.08 bits per heavy atom. The predicted molar refractivity (Wildman–Crippen MR) is 81.8 cm³/mol. The van der Waals surface area contributed by atoms with Crippen molar-refractivity contribution in [2.24, 2.45) is 11.3 Å². The number of ether oxygens (including phenoxy) is 1. The molecule has 3 rings (SSSR count). The summed E-state index contributed by atoms with van der Waals surface area (Å²) in [5, 5.41) is 59.5. The molecular formula is C16H28O9. The number of aliphatic hydroxyl groups excluding tert-OH is 5. The Morgan fingerprint density at radius 3 is 2.20 bits per heavy atom. The molecule has 146 valence electrons. The third-order valence-electron chi connectivity index (χ3n) is 6.25. The summed E-state index contributed by atoms with van der Waals surface area (Å²) in [5.74, 6) is -0.139. The number of hydrogen-bond donors (Lipinski definition) is 6. The van der Waals surface area contributed by atoms with Crippen LogP contribution in [0.3, 0.4) is 0 Å². The summed E-state index contributed by atoms with van der Waals surface area (Å²) in [4.78, 5) is 10.7. The molecule has 0 aromatic rings. The number of rotatable bonds is 5. The summed E-state index contributed by atoms with van der Waals surface area (Å²) >= 11 is 0. The van der Waals surface area contributed by atoms with E-state index in [1.807, 2.05) is 0 Å². The summed E-state index contributed by atoms with van der Waals surface area (Å²) in [6, 6.07) is 0. The molecule has 0 bridgehead atoms. The Morgan fingerprint density at radius 2 is 1.72 bits per heavy atom. The fraction of sp³-hybridized carbons (Fsp3) is 1.00. The maximum atomic E-state index is 10.4. The van der Waals surface area contributed by atoms with Gasteiger partial charge in [0, 0.05) is 17.8 Å². The van der Waals surface area contributed by atoms with Crippen molar-refractivity contribution in [2.75, 3.05) is 6.61 Å². The lowest BCUT2D eigenvalue weighted by atomic mass is 9.83. The molecule has 0 amide bonds. The van der Waals surface area contributed by atoms with Gasteiger partial charge in [0.25, 0.3) is 0 Å². The van der Waals surface area contributed by atoms with Gasteiger partial charge in [-0.3, -0.25) is 0 Å². The van der Waals surface area contributed by atoms with Crippen molar-refractivity contribution in [3.63, 3.8) is 0 Å². The van der Waals surface area contributed by atoms with Crippen molar-refractivity contribution in [3.8, 4) is 0 Å². The molecule has 1 saturated heterocycles. The van der Waals surface area contributed by atoms with Crippen LogP contribution in [-0.4, -0.2) is 85.3 Å². The molecule has 9 atom stereocenters. The highest BCUT2D eigenvalue weighted by atomic mass is 17.2. The van der Waals surface area contributed by atoms with Gasteiger partial charge in [-0.05, 0) is 27.2 Å². The van der Waals surface area contributed by atoms with Gasteiger partial charge in [-0.15, -0.1) is 0 Å². The van der Waals surface area contributed by atoms with E-state index in [2.05, 4.69) is 0 Å². The van der Waals surface area contributed by atoms with Gasteiger partial charge in [-0.1, -0.05) is 0 Å². The van der Waals surface area contributed by atoms with Gasteiger partial charge in [0.2, 0.25) is 6.29 Å². The highest BCUT2D eigenvalue weighted by Gasteiger charge is 2.77. The van der Waals surface area contributed by atoms with Crippen LogP contribution in [0.15, 0.2) is 0 Å². The molecule has 1 aliphatic heterocycles. The van der Waals surface area contributed by atoms with Crippen LogP contribution in [0.4, 0.5) is 0 Å². The van der Waals surface area contributed by atoms with Gasteiger partial charge in [-0.2, -0.15) is 0 Å². The first-order valence-corrected chi connectivity index (χ1v) is 8.53. The van der Waals surface area contributed by atoms with E-state index >= 15 is 0 Å². The molecule has 9 nitrogen and oxygen atoms in total. The Balaban J connectivity index is 1.66. The summed E-state index contributed by atoms with van der Waals surface area (Å²) in [5.41, 5.74) is -2.65. The van der Waals surface area contributed by atoms with Gasteiger partial charge >= 0.3 is 0 Å². The van der Waals surface area contributed by atoms with E-state index in [1.165, 1.54) is 0 Å². The molecule has 6 N–H and O–H groups in total. The lowest BCUT2D eigenvalue weighted by Gasteiger charge is -2.40. The van der Waals surface area contributed by atoms with E-state index in [0.717, 1.165) is 0 Å². The molecule has 0 radical (unpaired) electrons. The average molecular weight is 364 g/mol. The lowest BCUT2D eigenvalue weighted by Crippen LogP contribution is -2.59. The standard InChI is InChI=1S/C16H28O9/c1-14(2,22)16-4-8(16)15(3,5-9(16)18)25-24-13-12(21)11(20)10(19)7(6-17)23-13/h7-13,17-22H,4-6H2,1-3H3/t7-,8?,9-,10-,11+,12-,13+,15-,16?/m1/s1. The van der Waals surface area contributed by atoms with Crippen LogP contribution in [0.1, 0.15) is 33.6 Å². The van der Waals surface area contributed by atoms with Crippen molar-refractivity contribution >= 4 is 0 Å². The third kappa shape index (κ3) is 2.82. The van der Waals surface area contributed by atoms with Gasteiger partial charge in [0.05, 0.1) is 18.3 Å². The molecular weight excluding hydrogens is 336 g/mol. The number of aliphatic hydroxyl groups is 6. The van der Waals surface area contributed by atoms with Crippen LogP contribution in [0.5, 0.6) is 0 Å². The molecule has 3 fully saturated rings. The van der Waals surface area contributed by atoms with Crippen molar-refractivity contribution in [1.29, 1.82) is 0 Å². The smallest absolute Gasteiger partial charge is 0.220 e. The molecule has 3 aliphatic rings. The first kappa shape index (κ1) is 19.4. The van der Waals surface area contributed by atoms with E-state index in [9.17, 15) is 30.6 Å². The van der Waals surface area contributed by atoms with E-state index in [1.54, 1.807) is 20.8 Å². The Hall–Kier alpha value is -0.360. The van der Waals surface area contributed by atoms with Crippen molar-refractivity contribution in [3.05, 3.63) is 0 Å². The monoisotopic (exact) mass is 364 g/mol. The Bertz CT molecular complexity index is 506. The van der Waals surface area contributed by atoms with Crippen molar-refractivity contribution in [1.82, 2.24) is 0 Å². The third-order valence-corrected chi connectivity index (χ3v) is 6.25. The molecule has 2 aliphatic carbocycles. The molecule has 1 heterocycles. The van der Waals surface area contributed by atoms with Crippen LogP contribution < -0.4 is 0 Å². The Labute approximate surface area is 145 Å². The zero-order valence-corrected chi connectivity index (χ0v) is 14.6. The molecule has 0 aromatic carbocycles. The van der Waals surface area contributed by atoms with Crippen LogP contribution in [0.2, 0.25) is 0 Å². The lowest BCUT2D eigenvalue weighted by molar-refractivity contribution is -0.459. The van der Waals surface area contributed by atoms with Crippen LogP contribution in [-0.2, 0) is 14.5 Å². The second-order valence-electron chi connectivity index (χ2n) is 8.27.